The lowest BCUT2D eigenvalue weighted by Gasteiger charge is -2.11. The summed E-state index contributed by atoms with van der Waals surface area (Å²) in [5.41, 5.74) is 1.88. The molecule has 1 aliphatic heterocycles. The van der Waals surface area contributed by atoms with E-state index in [1.165, 1.54) is 0 Å². The zero-order valence-corrected chi connectivity index (χ0v) is 12.7. The van der Waals surface area contributed by atoms with Crippen LogP contribution in [0.15, 0.2) is 34.8 Å². The number of pyridine rings is 1. The second-order valence-electron chi connectivity index (χ2n) is 4.60. The average molecular weight is 335 g/mol. The molecule has 0 unspecified atom stereocenters. The van der Waals surface area contributed by atoms with Gasteiger partial charge in [-0.25, -0.2) is 4.98 Å². The van der Waals surface area contributed by atoms with Crippen LogP contribution in [-0.2, 0) is 0 Å². The van der Waals surface area contributed by atoms with Gasteiger partial charge in [-0.15, -0.1) is 0 Å². The molecule has 104 valence electrons. The maximum atomic E-state index is 5.68. The minimum Gasteiger partial charge on any atom is -0.490 e. The van der Waals surface area contributed by atoms with E-state index in [4.69, 9.17) is 9.47 Å². The molecule has 0 saturated heterocycles. The number of rotatable bonds is 2. The van der Waals surface area contributed by atoms with Crippen molar-refractivity contribution in [1.29, 1.82) is 0 Å². The molecule has 2 aromatic rings. The van der Waals surface area contributed by atoms with Gasteiger partial charge in [0, 0.05) is 22.6 Å². The van der Waals surface area contributed by atoms with Crippen LogP contribution < -0.4 is 14.8 Å². The zero-order valence-electron chi connectivity index (χ0n) is 11.1. The van der Waals surface area contributed by atoms with Crippen molar-refractivity contribution < 1.29 is 9.47 Å². The molecule has 0 aliphatic carbocycles. The van der Waals surface area contributed by atoms with Crippen LogP contribution in [0.1, 0.15) is 12.1 Å². The van der Waals surface area contributed by atoms with E-state index in [-0.39, 0.29) is 0 Å². The van der Waals surface area contributed by atoms with Gasteiger partial charge in [0.05, 0.1) is 18.9 Å². The summed E-state index contributed by atoms with van der Waals surface area (Å²) < 4.78 is 12.3. The van der Waals surface area contributed by atoms with E-state index >= 15 is 0 Å². The zero-order chi connectivity index (χ0) is 13.9. The standard InChI is InChI=1S/C15H15BrN2O2/c1-10-12(16)4-6-15(17-10)18-11-3-5-13-14(9-11)20-8-2-7-19-13/h3-6,9H,2,7-8H2,1H3,(H,17,18). The molecule has 1 aliphatic rings. The normalized spacial score (nSPS) is 13.7. The van der Waals surface area contributed by atoms with E-state index < -0.39 is 0 Å². The number of ether oxygens (including phenoxy) is 2. The van der Waals surface area contributed by atoms with Crippen molar-refractivity contribution in [3.05, 3.63) is 40.5 Å². The molecular formula is C15H15BrN2O2. The summed E-state index contributed by atoms with van der Waals surface area (Å²) in [5, 5.41) is 3.27. The molecule has 0 saturated carbocycles. The highest BCUT2D eigenvalue weighted by Crippen LogP contribution is 2.33. The predicted octanol–water partition coefficient (Wildman–Crippen LogP) is 4.06. The molecule has 0 radical (unpaired) electrons. The second-order valence-corrected chi connectivity index (χ2v) is 5.46. The Morgan fingerprint density at radius 3 is 2.70 bits per heavy atom. The van der Waals surface area contributed by atoms with Crippen LogP contribution >= 0.6 is 15.9 Å². The van der Waals surface area contributed by atoms with Crippen LogP contribution in [0, 0.1) is 6.92 Å². The van der Waals surface area contributed by atoms with Crippen molar-refractivity contribution in [2.45, 2.75) is 13.3 Å². The smallest absolute Gasteiger partial charge is 0.163 e. The number of aromatic nitrogens is 1. The average Bonchev–Trinajstić information content (AvgIpc) is 2.68. The Kier molecular flexibility index (Phi) is 3.78. The monoisotopic (exact) mass is 334 g/mol. The van der Waals surface area contributed by atoms with Gasteiger partial charge in [0.1, 0.15) is 5.82 Å². The number of halogens is 1. The Labute approximate surface area is 126 Å². The largest absolute Gasteiger partial charge is 0.490 e. The van der Waals surface area contributed by atoms with Crippen LogP contribution in [-0.4, -0.2) is 18.2 Å². The third-order valence-corrected chi connectivity index (χ3v) is 3.88. The van der Waals surface area contributed by atoms with Gasteiger partial charge in [-0.3, -0.25) is 0 Å². The number of fused-ring (bicyclic) bond motifs is 1. The summed E-state index contributed by atoms with van der Waals surface area (Å²) in [4.78, 5) is 4.47. The second kappa shape index (κ2) is 5.71. The van der Waals surface area contributed by atoms with Crippen LogP contribution in [0.2, 0.25) is 0 Å². The third-order valence-electron chi connectivity index (χ3n) is 3.04. The van der Waals surface area contributed by atoms with Gasteiger partial charge in [0.15, 0.2) is 11.5 Å². The van der Waals surface area contributed by atoms with Crippen molar-refractivity contribution >= 4 is 27.4 Å². The van der Waals surface area contributed by atoms with E-state index in [0.717, 1.165) is 39.6 Å². The first kappa shape index (κ1) is 13.2. The number of hydrogen-bond acceptors (Lipinski definition) is 4. The fraction of sp³-hybridized carbons (Fsp3) is 0.267. The summed E-state index contributed by atoms with van der Waals surface area (Å²) in [6.45, 7) is 3.35. The first-order valence-electron chi connectivity index (χ1n) is 6.52. The Bertz CT molecular complexity index is 631. The quantitative estimate of drug-likeness (QED) is 0.899. The summed E-state index contributed by atoms with van der Waals surface area (Å²) >= 11 is 3.45. The Balaban J connectivity index is 1.83. The Morgan fingerprint density at radius 2 is 1.90 bits per heavy atom. The molecule has 0 fully saturated rings. The van der Waals surface area contributed by atoms with Crippen LogP contribution in [0.3, 0.4) is 0 Å². The molecule has 3 rings (SSSR count). The number of anilines is 2. The van der Waals surface area contributed by atoms with Gasteiger partial charge >= 0.3 is 0 Å². The van der Waals surface area contributed by atoms with Gasteiger partial charge in [-0.05, 0) is 47.1 Å². The molecule has 1 aromatic carbocycles. The highest BCUT2D eigenvalue weighted by Gasteiger charge is 2.11. The number of hydrogen-bond donors (Lipinski definition) is 1. The third kappa shape index (κ3) is 2.88. The first-order chi connectivity index (χ1) is 9.72. The summed E-state index contributed by atoms with van der Waals surface area (Å²) in [7, 11) is 0. The first-order valence-corrected chi connectivity index (χ1v) is 7.31. The van der Waals surface area contributed by atoms with E-state index in [9.17, 15) is 0 Å². The molecule has 1 N–H and O–H groups in total. The van der Waals surface area contributed by atoms with Crippen molar-refractivity contribution in [3.63, 3.8) is 0 Å². The van der Waals surface area contributed by atoms with E-state index in [1.54, 1.807) is 0 Å². The molecule has 2 heterocycles. The van der Waals surface area contributed by atoms with Crippen molar-refractivity contribution in [2.75, 3.05) is 18.5 Å². The summed E-state index contributed by atoms with van der Waals surface area (Å²) in [6.07, 6.45) is 0.908. The lowest BCUT2D eigenvalue weighted by molar-refractivity contribution is 0.297. The molecule has 1 aromatic heterocycles. The molecule has 20 heavy (non-hydrogen) atoms. The van der Waals surface area contributed by atoms with E-state index in [1.807, 2.05) is 37.3 Å². The fourth-order valence-electron chi connectivity index (χ4n) is 2.00. The Hall–Kier alpha value is -1.75. The van der Waals surface area contributed by atoms with Gasteiger partial charge in [0.2, 0.25) is 0 Å². The number of aryl methyl sites for hydroxylation is 1. The van der Waals surface area contributed by atoms with Gasteiger partial charge in [0.25, 0.3) is 0 Å². The predicted molar refractivity (Wildman–Crippen MR) is 82.0 cm³/mol. The van der Waals surface area contributed by atoms with Gasteiger partial charge < -0.3 is 14.8 Å². The van der Waals surface area contributed by atoms with Crippen LogP contribution in [0.4, 0.5) is 11.5 Å². The SMILES string of the molecule is Cc1nc(Nc2ccc3c(c2)OCCCO3)ccc1Br. The summed E-state index contributed by atoms with van der Waals surface area (Å²) in [6, 6.07) is 9.74. The van der Waals surface area contributed by atoms with Gasteiger partial charge in [-0.2, -0.15) is 0 Å². The number of nitrogens with zero attached hydrogens (tertiary/aromatic N) is 1. The minimum atomic E-state index is 0.687. The highest BCUT2D eigenvalue weighted by molar-refractivity contribution is 9.10. The number of nitrogens with one attached hydrogen (secondary N) is 1. The number of benzene rings is 1. The van der Waals surface area contributed by atoms with E-state index in [2.05, 4.69) is 26.2 Å². The fourth-order valence-corrected chi connectivity index (χ4v) is 2.22. The molecule has 0 bridgehead atoms. The minimum absolute atomic E-state index is 0.687. The maximum Gasteiger partial charge on any atom is 0.163 e. The molecule has 0 spiro atoms. The lowest BCUT2D eigenvalue weighted by Crippen LogP contribution is -1.97. The molecule has 0 atom stereocenters. The lowest BCUT2D eigenvalue weighted by atomic mass is 10.2. The van der Waals surface area contributed by atoms with Crippen molar-refractivity contribution in [2.24, 2.45) is 0 Å². The van der Waals surface area contributed by atoms with Crippen LogP contribution in [0.25, 0.3) is 0 Å². The maximum absolute atomic E-state index is 5.68. The summed E-state index contributed by atoms with van der Waals surface area (Å²) in [5.74, 6) is 2.38. The Morgan fingerprint density at radius 1 is 1.10 bits per heavy atom. The molecular weight excluding hydrogens is 320 g/mol. The van der Waals surface area contributed by atoms with Crippen molar-refractivity contribution in [3.8, 4) is 11.5 Å². The van der Waals surface area contributed by atoms with Crippen LogP contribution in [0.5, 0.6) is 11.5 Å². The molecule has 4 nitrogen and oxygen atoms in total. The topological polar surface area (TPSA) is 43.4 Å². The van der Waals surface area contributed by atoms with Gasteiger partial charge in [-0.1, -0.05) is 0 Å². The van der Waals surface area contributed by atoms with E-state index in [0.29, 0.717) is 13.2 Å². The highest BCUT2D eigenvalue weighted by atomic mass is 79.9. The molecule has 0 amide bonds. The molecule has 5 heteroatoms. The van der Waals surface area contributed by atoms with Crippen molar-refractivity contribution in [1.82, 2.24) is 4.98 Å².